The summed E-state index contributed by atoms with van der Waals surface area (Å²) in [6, 6.07) is 26.6. The summed E-state index contributed by atoms with van der Waals surface area (Å²) in [5.74, 6) is 20.0. The predicted octanol–water partition coefficient (Wildman–Crippen LogP) is 12.2. The summed E-state index contributed by atoms with van der Waals surface area (Å²) in [5.41, 5.74) is 16.2. The molecule has 5 nitrogen and oxygen atoms in total. The minimum absolute atomic E-state index is 0.254. The number of amides is 2. The lowest BCUT2D eigenvalue weighted by atomic mass is 10.0. The van der Waals surface area contributed by atoms with Crippen molar-refractivity contribution in [2.24, 2.45) is 0 Å². The predicted molar refractivity (Wildman–Crippen MR) is 254 cm³/mol. The van der Waals surface area contributed by atoms with Gasteiger partial charge in [-0.05, 0) is 112 Å². The third-order valence-electron chi connectivity index (χ3n) is 11.6. The molecule has 59 heavy (non-hydrogen) atoms. The van der Waals surface area contributed by atoms with Gasteiger partial charge in [-0.1, -0.05) is 125 Å². The average Bonchev–Trinajstić information content (AvgIpc) is 3.17. The first-order valence-corrected chi connectivity index (χ1v) is 25.4. The van der Waals surface area contributed by atoms with Gasteiger partial charge >= 0.3 is 0 Å². The van der Waals surface area contributed by atoms with E-state index in [0.29, 0.717) is 61.6 Å². The maximum Gasteiger partial charge on any atom is 0.258 e. The van der Waals surface area contributed by atoms with Crippen molar-refractivity contribution in [1.29, 1.82) is 0 Å². The number of carbonyl (C=O) groups is 2. The topological polar surface area (TPSA) is 71.1 Å². The van der Waals surface area contributed by atoms with Crippen LogP contribution in [0.15, 0.2) is 84.9 Å². The van der Waals surface area contributed by atoms with Crippen LogP contribution in [0, 0.1) is 46.6 Å². The smallest absolute Gasteiger partial charge is 0.258 e. The highest BCUT2D eigenvalue weighted by atomic mass is 28.3. The molecule has 304 valence electrons. The molecular formula is C52H61N3O2Si2. The molecule has 0 aliphatic heterocycles. The number of nitrogens with zero attached hydrogens (tertiary/aromatic N) is 1. The van der Waals surface area contributed by atoms with Gasteiger partial charge in [-0.25, -0.2) is 4.98 Å². The van der Waals surface area contributed by atoms with Gasteiger partial charge < -0.3 is 10.6 Å². The first-order valence-electron chi connectivity index (χ1n) is 20.9. The van der Waals surface area contributed by atoms with Crippen LogP contribution < -0.4 is 10.6 Å². The van der Waals surface area contributed by atoms with E-state index in [1.165, 1.54) is 6.92 Å². The minimum Gasteiger partial charge on any atom is -0.311 e. The number of benzene rings is 3. The van der Waals surface area contributed by atoms with Crippen molar-refractivity contribution in [3.05, 3.63) is 124 Å². The van der Waals surface area contributed by atoms with Gasteiger partial charge in [0.05, 0.1) is 5.56 Å². The highest BCUT2D eigenvalue weighted by Gasteiger charge is 2.42. The highest BCUT2D eigenvalue weighted by molar-refractivity contribution is 6.91. The zero-order valence-corrected chi connectivity index (χ0v) is 39.3. The zero-order valence-electron chi connectivity index (χ0n) is 37.3. The Morgan fingerprint density at radius 2 is 0.831 bits per heavy atom. The van der Waals surface area contributed by atoms with Crippen molar-refractivity contribution in [2.45, 2.75) is 123 Å². The van der Waals surface area contributed by atoms with E-state index in [0.717, 1.165) is 22.3 Å². The largest absolute Gasteiger partial charge is 0.311 e. The number of carbonyl (C=O) groups excluding carboxylic acids is 2. The minimum atomic E-state index is -1.85. The fourth-order valence-electron chi connectivity index (χ4n) is 8.64. The second-order valence-corrected chi connectivity index (χ2v) is 28.4. The lowest BCUT2D eigenvalue weighted by Gasteiger charge is -2.38. The van der Waals surface area contributed by atoms with Crippen LogP contribution in [0.1, 0.15) is 134 Å². The van der Waals surface area contributed by atoms with Gasteiger partial charge in [0.15, 0.2) is 0 Å². The van der Waals surface area contributed by atoms with E-state index in [1.54, 1.807) is 24.3 Å². The molecule has 0 fully saturated rings. The highest BCUT2D eigenvalue weighted by Crippen LogP contribution is 2.42. The molecule has 0 saturated carbocycles. The van der Waals surface area contributed by atoms with Gasteiger partial charge in [-0.2, -0.15) is 0 Å². The summed E-state index contributed by atoms with van der Waals surface area (Å²) in [6.45, 7) is 29.3. The van der Waals surface area contributed by atoms with E-state index in [4.69, 9.17) is 0 Å². The third-order valence-corrected chi connectivity index (χ3v) is 24.2. The molecule has 0 unspecified atom stereocenters. The summed E-state index contributed by atoms with van der Waals surface area (Å²) in [4.78, 5) is 29.9. The first kappa shape index (κ1) is 46.1. The third kappa shape index (κ3) is 11.6. The number of pyridine rings is 1. The average molecular weight is 816 g/mol. The van der Waals surface area contributed by atoms with Gasteiger partial charge in [0.25, 0.3) is 5.91 Å². The Kier molecular flexibility index (Phi) is 16.0. The van der Waals surface area contributed by atoms with Crippen molar-refractivity contribution >= 4 is 39.6 Å². The zero-order chi connectivity index (χ0) is 43.5. The molecule has 7 heteroatoms. The molecule has 4 rings (SSSR count). The molecule has 0 aliphatic rings. The quantitative estimate of drug-likeness (QED) is 0.131. The van der Waals surface area contributed by atoms with E-state index in [2.05, 4.69) is 145 Å². The van der Waals surface area contributed by atoms with Crippen molar-refractivity contribution in [3.8, 4) is 46.6 Å². The van der Waals surface area contributed by atoms with E-state index < -0.39 is 22.1 Å². The van der Waals surface area contributed by atoms with Crippen molar-refractivity contribution < 1.29 is 9.59 Å². The number of aromatic nitrogens is 1. The summed E-state index contributed by atoms with van der Waals surface area (Å²) >= 11 is 0. The van der Waals surface area contributed by atoms with Gasteiger partial charge in [-0.3, -0.25) is 9.59 Å². The van der Waals surface area contributed by atoms with Crippen LogP contribution in [-0.2, 0) is 4.79 Å². The van der Waals surface area contributed by atoms with Crippen molar-refractivity contribution in [3.63, 3.8) is 0 Å². The summed E-state index contributed by atoms with van der Waals surface area (Å²) in [6.07, 6.45) is 0. The van der Waals surface area contributed by atoms with Crippen LogP contribution in [0.2, 0.25) is 33.2 Å². The lowest BCUT2D eigenvalue weighted by Crippen LogP contribution is -2.43. The van der Waals surface area contributed by atoms with Crippen LogP contribution >= 0.6 is 0 Å². The molecule has 0 bridgehead atoms. The summed E-state index contributed by atoms with van der Waals surface area (Å²) in [5, 5.41) is 5.54. The Morgan fingerprint density at radius 1 is 0.475 bits per heavy atom. The van der Waals surface area contributed by atoms with Crippen LogP contribution in [0.4, 0.5) is 11.6 Å². The standard InChI is InChI=1S/C52H61N3O2Si2/c1-36(2)58(37(3)4,38(5)6)33-31-45-21-17-43(18-22-45)25-26-47-28-30-48(49(35-47)52(57)55-51-16-14-15-50(54-51)53-42(13)56)29-27-44-19-23-46(24-20-44)32-34-59(39(7)8,40(9)10)41(11)12/h14-24,28,30,35-41H,1-13H3,(H2,53,54,55,56,57). The molecule has 1 heterocycles. The lowest BCUT2D eigenvalue weighted by molar-refractivity contribution is -0.114. The van der Waals surface area contributed by atoms with Crippen LogP contribution in [0.5, 0.6) is 0 Å². The molecule has 0 aliphatic carbocycles. The molecule has 1 aromatic heterocycles. The van der Waals surface area contributed by atoms with Gasteiger partial charge in [0.2, 0.25) is 5.91 Å². The van der Waals surface area contributed by atoms with Gasteiger partial charge in [0.1, 0.15) is 27.8 Å². The molecule has 0 spiro atoms. The number of nitrogens with one attached hydrogen (secondary N) is 2. The fraction of sp³-hybridized carbons (Fsp3) is 0.365. The maximum atomic E-state index is 13.9. The van der Waals surface area contributed by atoms with Crippen molar-refractivity contribution in [1.82, 2.24) is 4.98 Å². The molecule has 4 aromatic rings. The molecule has 0 radical (unpaired) electrons. The maximum absolute atomic E-state index is 13.9. The van der Waals surface area contributed by atoms with E-state index >= 15 is 0 Å². The SMILES string of the molecule is CC(=O)Nc1cccc(NC(=O)c2cc(C#Cc3ccc(C#C[Si](C(C)C)(C(C)C)C(C)C)cc3)ccc2C#Cc2ccc(C#C[Si](C(C)C)(C(C)C)C(C)C)cc2)n1. The number of rotatable bonds is 9. The first-order chi connectivity index (χ1) is 27.9. The van der Waals surface area contributed by atoms with Gasteiger partial charge in [-0.15, -0.1) is 11.1 Å². The fourth-order valence-corrected chi connectivity index (χ4v) is 19.1. The molecule has 2 amide bonds. The molecule has 3 aromatic carbocycles. The Labute approximate surface area is 357 Å². The van der Waals surface area contributed by atoms with Crippen LogP contribution in [-0.4, -0.2) is 32.9 Å². The number of hydrogen-bond acceptors (Lipinski definition) is 3. The molecule has 0 atom stereocenters. The Balaban J connectivity index is 1.67. The second kappa shape index (κ2) is 20.4. The van der Waals surface area contributed by atoms with Crippen molar-refractivity contribution in [2.75, 3.05) is 10.6 Å². The van der Waals surface area contributed by atoms with Gasteiger partial charge in [0, 0.05) is 40.3 Å². The Bertz CT molecular complexity index is 2340. The normalized spacial score (nSPS) is 11.3. The van der Waals surface area contributed by atoms with E-state index in [1.807, 2.05) is 60.7 Å². The summed E-state index contributed by atoms with van der Waals surface area (Å²) in [7, 11) is -3.69. The number of anilines is 2. The molecular weight excluding hydrogens is 755 g/mol. The monoisotopic (exact) mass is 815 g/mol. The Hall–Kier alpha value is -5.58. The van der Waals surface area contributed by atoms with E-state index in [-0.39, 0.29) is 5.91 Å². The van der Waals surface area contributed by atoms with Crippen LogP contribution in [0.3, 0.4) is 0 Å². The summed E-state index contributed by atoms with van der Waals surface area (Å²) < 4.78 is 0. The van der Waals surface area contributed by atoms with Crippen LogP contribution in [0.25, 0.3) is 0 Å². The number of hydrogen-bond donors (Lipinski definition) is 2. The second-order valence-electron chi connectivity index (χ2n) is 17.3. The molecule has 0 saturated heterocycles. The van der Waals surface area contributed by atoms with E-state index in [9.17, 15) is 9.59 Å². The molecule has 2 N–H and O–H groups in total. The Morgan fingerprint density at radius 3 is 1.24 bits per heavy atom.